The van der Waals surface area contributed by atoms with Crippen molar-refractivity contribution < 1.29 is 13.1 Å². The summed E-state index contributed by atoms with van der Waals surface area (Å²) in [5, 5.41) is 0. The topological polar surface area (TPSA) is 40.5 Å². The SMILES string of the molecule is CC(=NC(C)(C)C)c1ccc(C(C)=NC(C)(C)C)[nH]1.[Cl][Fe][Cl]. The average Bonchev–Trinajstić information content (AvgIpc) is 2.74. The molecule has 1 heterocycles. The first-order valence-corrected chi connectivity index (χ1v) is 10.1. The molecule has 1 N–H and O–H groups in total. The molecule has 0 saturated carbocycles. The summed E-state index contributed by atoms with van der Waals surface area (Å²) in [5.74, 6) is 0. The van der Waals surface area contributed by atoms with Gasteiger partial charge in [0.25, 0.3) is 0 Å². The fraction of sp³-hybridized carbons (Fsp3) is 0.625. The number of hydrogen-bond donors (Lipinski definition) is 1. The normalized spacial score (nSPS) is 13.9. The minimum atomic E-state index is -0.0517. The Balaban J connectivity index is 0.00000135. The molecule has 0 aliphatic rings. The van der Waals surface area contributed by atoms with Crippen LogP contribution in [0.2, 0.25) is 0 Å². The van der Waals surface area contributed by atoms with Crippen LogP contribution in [-0.2, 0) is 13.1 Å². The van der Waals surface area contributed by atoms with Gasteiger partial charge in [-0.15, -0.1) is 0 Å². The van der Waals surface area contributed by atoms with Gasteiger partial charge in [-0.2, -0.15) is 0 Å². The quantitative estimate of drug-likeness (QED) is 0.506. The molecule has 128 valence electrons. The molecular formula is C16H27Cl2FeN3. The average molecular weight is 388 g/mol. The number of halogens is 2. The molecular weight excluding hydrogens is 361 g/mol. The zero-order chi connectivity index (χ0) is 17.6. The molecule has 0 radical (unpaired) electrons. The molecule has 0 amide bonds. The van der Waals surface area contributed by atoms with E-state index in [9.17, 15) is 0 Å². The molecule has 0 bridgehead atoms. The van der Waals surface area contributed by atoms with Crippen molar-refractivity contribution in [2.24, 2.45) is 9.98 Å². The number of aliphatic imine (C=N–C) groups is 2. The Kier molecular flexibility index (Phi) is 9.01. The van der Waals surface area contributed by atoms with E-state index in [0.29, 0.717) is 0 Å². The van der Waals surface area contributed by atoms with Crippen molar-refractivity contribution in [2.45, 2.75) is 66.5 Å². The van der Waals surface area contributed by atoms with Crippen LogP contribution in [0, 0.1) is 0 Å². The van der Waals surface area contributed by atoms with E-state index in [4.69, 9.17) is 20.2 Å². The second-order valence-electron chi connectivity index (χ2n) is 7.07. The third-order valence-corrected chi connectivity index (χ3v) is 2.47. The second kappa shape index (κ2) is 9.12. The van der Waals surface area contributed by atoms with Crippen LogP contribution in [0.5, 0.6) is 0 Å². The van der Waals surface area contributed by atoms with E-state index in [0.717, 1.165) is 22.8 Å². The molecule has 0 unspecified atom stereocenters. The summed E-state index contributed by atoms with van der Waals surface area (Å²) in [6.45, 7) is 16.7. The number of H-pyrrole nitrogens is 1. The summed E-state index contributed by atoms with van der Waals surface area (Å²) in [6.07, 6.45) is 0. The summed E-state index contributed by atoms with van der Waals surface area (Å²) in [4.78, 5) is 12.7. The number of nitrogens with zero attached hydrogens (tertiary/aromatic N) is 2. The van der Waals surface area contributed by atoms with Gasteiger partial charge in [0.15, 0.2) is 0 Å². The molecule has 0 aliphatic carbocycles. The maximum absolute atomic E-state index is 4.76. The van der Waals surface area contributed by atoms with E-state index in [-0.39, 0.29) is 24.2 Å². The van der Waals surface area contributed by atoms with Gasteiger partial charge in [-0.3, -0.25) is 9.98 Å². The predicted octanol–water partition coefficient (Wildman–Crippen LogP) is 5.61. The van der Waals surface area contributed by atoms with E-state index in [1.54, 1.807) is 0 Å². The number of rotatable bonds is 2. The molecule has 3 nitrogen and oxygen atoms in total. The van der Waals surface area contributed by atoms with Crippen molar-refractivity contribution in [3.63, 3.8) is 0 Å². The third-order valence-electron chi connectivity index (χ3n) is 2.47. The Hall–Kier alpha value is -0.281. The molecule has 0 saturated heterocycles. The van der Waals surface area contributed by atoms with E-state index in [1.807, 2.05) is 13.8 Å². The van der Waals surface area contributed by atoms with Gasteiger partial charge in [-0.25, -0.2) is 0 Å². The second-order valence-corrected chi connectivity index (χ2v) is 8.90. The van der Waals surface area contributed by atoms with Gasteiger partial charge in [-0.05, 0) is 67.5 Å². The van der Waals surface area contributed by atoms with Gasteiger partial charge in [0.2, 0.25) is 0 Å². The Labute approximate surface area is 149 Å². The Morgan fingerprint density at radius 2 is 1.14 bits per heavy atom. The van der Waals surface area contributed by atoms with E-state index in [2.05, 4.69) is 68.6 Å². The van der Waals surface area contributed by atoms with Gasteiger partial charge in [0.1, 0.15) is 0 Å². The molecule has 0 aliphatic heterocycles. The van der Waals surface area contributed by atoms with Crippen LogP contribution in [0.1, 0.15) is 66.8 Å². The fourth-order valence-corrected chi connectivity index (χ4v) is 1.94. The van der Waals surface area contributed by atoms with Crippen molar-refractivity contribution >= 4 is 31.6 Å². The summed E-state index contributed by atoms with van der Waals surface area (Å²) in [6, 6.07) is 4.14. The fourth-order valence-electron chi connectivity index (χ4n) is 1.94. The Bertz CT molecular complexity index is 476. The molecule has 0 fully saturated rings. The molecule has 0 atom stereocenters. The maximum atomic E-state index is 4.76. The summed E-state index contributed by atoms with van der Waals surface area (Å²) >= 11 is 0.194. The first-order chi connectivity index (χ1) is 9.89. The number of nitrogens with one attached hydrogen (secondary N) is 1. The van der Waals surface area contributed by atoms with Crippen LogP contribution in [0.3, 0.4) is 0 Å². The van der Waals surface area contributed by atoms with Crippen molar-refractivity contribution in [3.8, 4) is 0 Å². The van der Waals surface area contributed by atoms with Gasteiger partial charge < -0.3 is 4.98 Å². The van der Waals surface area contributed by atoms with Crippen LogP contribution in [0.15, 0.2) is 22.1 Å². The standard InChI is InChI=1S/C16H27N3.2ClH.Fe/c1-11(18-15(3,4)5)13-9-10-14(17-13)12(2)19-16(6,7)8;;;/h9-10,17H,1-8H3;2*1H;/q;;;+2/p-2. The van der Waals surface area contributed by atoms with E-state index >= 15 is 0 Å². The van der Waals surface area contributed by atoms with Gasteiger partial charge in [0, 0.05) is 0 Å². The summed E-state index contributed by atoms with van der Waals surface area (Å²) in [7, 11) is 9.53. The number of aromatic amines is 1. The summed E-state index contributed by atoms with van der Waals surface area (Å²) in [5.41, 5.74) is 4.08. The molecule has 1 aromatic rings. The number of aromatic nitrogens is 1. The van der Waals surface area contributed by atoms with Gasteiger partial charge >= 0.3 is 33.3 Å². The Morgan fingerprint density at radius 1 is 0.864 bits per heavy atom. The zero-order valence-electron chi connectivity index (χ0n) is 14.7. The van der Waals surface area contributed by atoms with Crippen molar-refractivity contribution in [1.29, 1.82) is 0 Å². The molecule has 1 rings (SSSR count). The van der Waals surface area contributed by atoms with E-state index in [1.165, 1.54) is 0 Å². The first-order valence-electron chi connectivity index (χ1n) is 7.07. The molecule has 1 aromatic heterocycles. The van der Waals surface area contributed by atoms with Crippen molar-refractivity contribution in [1.82, 2.24) is 4.98 Å². The summed E-state index contributed by atoms with van der Waals surface area (Å²) < 4.78 is 0. The van der Waals surface area contributed by atoms with Crippen LogP contribution in [0.4, 0.5) is 0 Å². The molecule has 0 spiro atoms. The predicted molar refractivity (Wildman–Crippen MR) is 96.4 cm³/mol. The minimum absolute atomic E-state index is 0.0517. The van der Waals surface area contributed by atoms with E-state index < -0.39 is 0 Å². The van der Waals surface area contributed by atoms with Crippen LogP contribution < -0.4 is 0 Å². The molecule has 6 heteroatoms. The van der Waals surface area contributed by atoms with Gasteiger partial charge in [0.05, 0.1) is 33.9 Å². The van der Waals surface area contributed by atoms with Gasteiger partial charge in [-0.1, -0.05) is 0 Å². The number of hydrogen-bond acceptors (Lipinski definition) is 2. The molecule has 0 aromatic carbocycles. The van der Waals surface area contributed by atoms with Crippen molar-refractivity contribution in [2.75, 3.05) is 0 Å². The Morgan fingerprint density at radius 3 is 1.36 bits per heavy atom. The van der Waals surface area contributed by atoms with Crippen LogP contribution >= 0.6 is 20.2 Å². The van der Waals surface area contributed by atoms with Crippen LogP contribution in [-0.4, -0.2) is 27.5 Å². The third kappa shape index (κ3) is 9.68. The first kappa shape index (κ1) is 21.7. The van der Waals surface area contributed by atoms with Crippen molar-refractivity contribution in [3.05, 3.63) is 23.5 Å². The molecule has 22 heavy (non-hydrogen) atoms. The zero-order valence-corrected chi connectivity index (χ0v) is 17.3. The monoisotopic (exact) mass is 387 g/mol. The van der Waals surface area contributed by atoms with Crippen LogP contribution in [0.25, 0.3) is 0 Å².